The topological polar surface area (TPSA) is 0 Å². The van der Waals surface area contributed by atoms with Crippen molar-refractivity contribution in [3.63, 3.8) is 0 Å². The molecule has 0 saturated carbocycles. The third-order valence-electron chi connectivity index (χ3n) is 2.70. The van der Waals surface area contributed by atoms with Crippen LogP contribution in [-0.4, -0.2) is 26.8 Å². The summed E-state index contributed by atoms with van der Waals surface area (Å²) < 4.78 is 2.33. The molecule has 0 unspecified atom stereocenters. The van der Waals surface area contributed by atoms with Gasteiger partial charge in [0.2, 0.25) is 0 Å². The molecule has 0 aromatic heterocycles. The fraction of sp³-hybridized carbons (Fsp3) is 1.00. The second kappa shape index (κ2) is 11.4. The van der Waals surface area contributed by atoms with Gasteiger partial charge in [0.1, 0.15) is 0 Å². The van der Waals surface area contributed by atoms with E-state index in [1.807, 2.05) is 6.92 Å². The molecule has 0 radical (unpaired) electrons. The molecule has 0 aliphatic carbocycles. The fourth-order valence-corrected chi connectivity index (χ4v) is 17.5. The van der Waals surface area contributed by atoms with Crippen LogP contribution in [0.5, 0.6) is 0 Å². The van der Waals surface area contributed by atoms with Crippen molar-refractivity contribution < 1.29 is 0 Å². The van der Waals surface area contributed by atoms with Gasteiger partial charge >= 0.3 is 161 Å². The van der Waals surface area contributed by atoms with Crippen LogP contribution < -0.4 is 0 Å². The van der Waals surface area contributed by atoms with Crippen molar-refractivity contribution >= 4 is 88.6 Å². The van der Waals surface area contributed by atoms with Crippen molar-refractivity contribution in [2.45, 2.75) is 72.4 Å². The van der Waals surface area contributed by atoms with Crippen LogP contribution in [0.4, 0.5) is 0 Å². The molecule has 9 heteroatoms. The Bertz CT molecular complexity index is 260. The molecule has 134 valence electrons. The molecule has 21 heavy (non-hydrogen) atoms. The zero-order valence-electron chi connectivity index (χ0n) is 12.9. The average Bonchev–Trinajstić information content (AvgIpc) is 2.30. The first kappa shape index (κ1) is 26.9. The van der Waals surface area contributed by atoms with Crippen LogP contribution >= 0.6 is 61.8 Å². The maximum absolute atomic E-state index is 6.28. The van der Waals surface area contributed by atoms with E-state index >= 15 is 0 Å². The van der Waals surface area contributed by atoms with E-state index in [-0.39, 0.29) is 0 Å². The second-order valence-electron chi connectivity index (χ2n) is 5.23. The van der Waals surface area contributed by atoms with Crippen molar-refractivity contribution in [1.82, 2.24) is 0 Å². The third kappa shape index (κ3) is 23.7. The molecule has 0 rings (SSSR count). The monoisotopic (exact) mass is 658 g/mol. The van der Waals surface area contributed by atoms with E-state index in [0.717, 1.165) is 47.3 Å². The Kier molecular flexibility index (Phi) is 14.6. The van der Waals surface area contributed by atoms with Crippen LogP contribution in [0.2, 0.25) is 13.1 Å². The van der Waals surface area contributed by atoms with E-state index in [2.05, 4.69) is 13.8 Å². The molecule has 0 N–H and O–H groups in total. The van der Waals surface area contributed by atoms with Crippen LogP contribution in [-0.2, 0) is 0 Å². The van der Waals surface area contributed by atoms with E-state index in [9.17, 15) is 0 Å². The summed E-state index contributed by atoms with van der Waals surface area (Å²) >= 11 is -7.49. The molecule has 0 aliphatic rings. The van der Waals surface area contributed by atoms with Gasteiger partial charge in [-0.05, 0) is 0 Å². The molecule has 0 bridgehead atoms. The van der Waals surface area contributed by atoms with Crippen molar-refractivity contribution in [2.75, 3.05) is 0 Å². The minimum atomic E-state index is -3.94. The minimum absolute atomic E-state index is 0.593. The van der Waals surface area contributed by atoms with Crippen LogP contribution in [0.25, 0.3) is 0 Å². The van der Waals surface area contributed by atoms with E-state index in [1.165, 1.54) is 0 Å². The predicted octanol–water partition coefficient (Wildman–Crippen LogP) is 9.33. The second-order valence-corrected chi connectivity index (χ2v) is 67.3. The fourth-order valence-electron chi connectivity index (χ4n) is 1.41. The van der Waals surface area contributed by atoms with Crippen molar-refractivity contribution in [3.8, 4) is 0 Å². The van der Waals surface area contributed by atoms with Gasteiger partial charge in [-0.25, -0.2) is 0 Å². The molecule has 0 atom stereocenters. The standard InChI is InChI=1S/3C4H9.7ClH.2Sb/c3*1-3-4-2;;;;;;;;;/h3*1,3-4H2,2H3;7*1H;;/q;;;;;;;;;;+3;+4/p-7. The van der Waals surface area contributed by atoms with Crippen LogP contribution in [0.3, 0.4) is 0 Å². The van der Waals surface area contributed by atoms with Gasteiger partial charge in [0.25, 0.3) is 0 Å². The molecule has 0 heterocycles. The quantitative estimate of drug-likeness (QED) is 0.216. The van der Waals surface area contributed by atoms with Crippen LogP contribution in [0.1, 0.15) is 59.3 Å². The zero-order chi connectivity index (χ0) is 17.3. The predicted molar refractivity (Wildman–Crippen MR) is 112 cm³/mol. The first-order valence-electron chi connectivity index (χ1n) is 7.25. The van der Waals surface area contributed by atoms with E-state index < -0.39 is 26.8 Å². The molecule has 0 nitrogen and oxygen atoms in total. The van der Waals surface area contributed by atoms with Crippen molar-refractivity contribution in [1.29, 1.82) is 0 Å². The number of rotatable bonds is 9. The zero-order valence-corrected chi connectivity index (χ0v) is 23.3. The van der Waals surface area contributed by atoms with Crippen LogP contribution in [0, 0.1) is 0 Å². The van der Waals surface area contributed by atoms with Gasteiger partial charge in [0, 0.05) is 0 Å². The summed E-state index contributed by atoms with van der Waals surface area (Å²) in [6.45, 7) is 6.31. The number of hydrogen-bond acceptors (Lipinski definition) is 0. The van der Waals surface area contributed by atoms with Crippen molar-refractivity contribution in [2.24, 2.45) is 0 Å². The number of halogens is 7. The SMILES string of the molecule is CCC[CH2][Sb]([Cl])([Cl])([Cl])[CH2]CCC.CCC[CH2][Sb]([Cl])([Cl])([Cl])[Cl]. The Labute approximate surface area is 158 Å². The summed E-state index contributed by atoms with van der Waals surface area (Å²) in [5.74, 6) is 0. The summed E-state index contributed by atoms with van der Waals surface area (Å²) in [5.41, 5.74) is 0. The Morgan fingerprint density at radius 3 is 1.00 bits per heavy atom. The van der Waals surface area contributed by atoms with E-state index in [1.54, 1.807) is 0 Å². The first-order valence-corrected chi connectivity index (χ1v) is 35.3. The Hall–Kier alpha value is 3.67. The third-order valence-corrected chi connectivity index (χ3v) is 23.4. The van der Waals surface area contributed by atoms with Gasteiger partial charge in [-0.15, -0.1) is 0 Å². The van der Waals surface area contributed by atoms with Gasteiger partial charge in [0.15, 0.2) is 0 Å². The van der Waals surface area contributed by atoms with E-state index in [0.29, 0.717) is 4.37 Å². The van der Waals surface area contributed by atoms with Gasteiger partial charge in [0.05, 0.1) is 0 Å². The molecular formula is C12H27Cl7Sb2. The molecule has 0 aromatic carbocycles. The molecule has 0 aromatic rings. The van der Waals surface area contributed by atoms with Gasteiger partial charge < -0.3 is 0 Å². The maximum atomic E-state index is 6.28. The average molecular weight is 663 g/mol. The summed E-state index contributed by atoms with van der Waals surface area (Å²) in [4.78, 5) is 0. The van der Waals surface area contributed by atoms with Gasteiger partial charge in [-0.3, -0.25) is 0 Å². The molecule has 0 spiro atoms. The molecule has 0 fully saturated rings. The Balaban J connectivity index is 0. The summed E-state index contributed by atoms with van der Waals surface area (Å²) in [5, 5.41) is 0. The summed E-state index contributed by atoms with van der Waals surface area (Å²) in [6, 6.07) is 0. The molecule has 0 aliphatic heterocycles. The molecule has 0 amide bonds. The Morgan fingerprint density at radius 1 is 0.524 bits per heavy atom. The number of hydrogen-bond donors (Lipinski definition) is 0. The summed E-state index contributed by atoms with van der Waals surface area (Å²) in [6.07, 6.45) is 6.34. The first-order chi connectivity index (χ1) is 9.20. The van der Waals surface area contributed by atoms with Gasteiger partial charge in [-0.1, -0.05) is 0 Å². The molecule has 0 saturated heterocycles. The van der Waals surface area contributed by atoms with E-state index in [4.69, 9.17) is 61.8 Å². The molecular weight excluding hydrogens is 636 g/mol. The Morgan fingerprint density at radius 2 is 0.810 bits per heavy atom. The summed E-state index contributed by atoms with van der Waals surface area (Å²) in [7, 11) is 41.5. The van der Waals surface area contributed by atoms with Crippen LogP contribution in [0.15, 0.2) is 0 Å². The van der Waals surface area contributed by atoms with Gasteiger partial charge in [-0.2, -0.15) is 0 Å². The number of unbranched alkanes of at least 4 members (excludes halogenated alkanes) is 3. The normalized spacial score (nSPS) is 16.1. The van der Waals surface area contributed by atoms with Crippen molar-refractivity contribution in [3.05, 3.63) is 0 Å².